The van der Waals surface area contributed by atoms with Crippen LogP contribution in [0.25, 0.3) is 86.3 Å². The Hall–Kier alpha value is -6.62. The lowest BCUT2D eigenvalue weighted by Gasteiger charge is -2.26. The van der Waals surface area contributed by atoms with Gasteiger partial charge in [0.05, 0.1) is 0 Å². The molecule has 0 unspecified atom stereocenters. The molecule has 0 aliphatic rings. The largest absolute Gasteiger partial charge is 0.456 e. The van der Waals surface area contributed by atoms with Crippen LogP contribution >= 0.6 is 11.3 Å². The number of fused-ring (bicyclic) bond motifs is 9. The maximum absolute atomic E-state index is 6.37. The first-order chi connectivity index (χ1) is 25.7. The van der Waals surface area contributed by atoms with Crippen molar-refractivity contribution in [3.63, 3.8) is 0 Å². The molecule has 52 heavy (non-hydrogen) atoms. The first-order valence-electron chi connectivity index (χ1n) is 17.5. The van der Waals surface area contributed by atoms with Crippen molar-refractivity contribution in [1.82, 2.24) is 0 Å². The van der Waals surface area contributed by atoms with E-state index in [0.29, 0.717) is 0 Å². The highest BCUT2D eigenvalue weighted by Gasteiger charge is 2.17. The Morgan fingerprint density at radius 1 is 0.308 bits per heavy atom. The number of benzene rings is 8. The third-order valence-electron chi connectivity index (χ3n) is 10.3. The van der Waals surface area contributed by atoms with Crippen molar-refractivity contribution in [3.8, 4) is 22.3 Å². The van der Waals surface area contributed by atoms with E-state index in [0.717, 1.165) is 72.1 Å². The molecule has 0 spiro atoms. The fourth-order valence-electron chi connectivity index (χ4n) is 7.74. The monoisotopic (exact) mass is 683 g/mol. The van der Waals surface area contributed by atoms with Gasteiger partial charge in [0, 0.05) is 64.8 Å². The van der Waals surface area contributed by atoms with Crippen molar-refractivity contribution in [2.24, 2.45) is 0 Å². The number of hydrogen-bond donors (Lipinski definition) is 0. The molecule has 8 aromatic carbocycles. The van der Waals surface area contributed by atoms with Gasteiger partial charge in [-0.3, -0.25) is 0 Å². The third-order valence-corrected chi connectivity index (χ3v) is 11.4. The van der Waals surface area contributed by atoms with E-state index in [1.807, 2.05) is 35.6 Å². The van der Waals surface area contributed by atoms with Gasteiger partial charge >= 0.3 is 0 Å². The minimum Gasteiger partial charge on any atom is -0.456 e. The SMILES string of the molecule is c1cc(-c2ccc3c(c2)oc2ccccc23)cc(N(c2ccc(-c3ccc4c(c3)sc3ccccc34)cc2)c2ccc3c(c2)oc2ccccc23)c1. The number of rotatable bonds is 5. The molecule has 0 aliphatic heterocycles. The molecule has 11 aromatic rings. The van der Waals surface area contributed by atoms with Gasteiger partial charge < -0.3 is 13.7 Å². The highest BCUT2D eigenvalue weighted by molar-refractivity contribution is 7.25. The van der Waals surface area contributed by atoms with E-state index in [-0.39, 0.29) is 0 Å². The first kappa shape index (κ1) is 29.1. The zero-order valence-corrected chi connectivity index (χ0v) is 28.7. The standard InChI is InChI=1S/C48H29NO2S/c1-4-13-43-37(10-1)39-23-18-32(27-45(39)50-43)31-8-7-9-35(26-31)49(36-22-25-40-38-11-2-5-14-44(38)51-46(40)29-36)34-20-16-30(17-21-34)33-19-24-42-41-12-3-6-15-47(41)52-48(42)28-33/h1-29H. The molecule has 0 aliphatic carbocycles. The van der Waals surface area contributed by atoms with Crippen molar-refractivity contribution in [2.75, 3.05) is 4.90 Å². The Morgan fingerprint density at radius 2 is 0.827 bits per heavy atom. The molecule has 3 heterocycles. The maximum Gasteiger partial charge on any atom is 0.137 e. The maximum atomic E-state index is 6.37. The number of thiophene rings is 1. The van der Waals surface area contributed by atoms with E-state index < -0.39 is 0 Å². The second-order valence-corrected chi connectivity index (χ2v) is 14.4. The summed E-state index contributed by atoms with van der Waals surface area (Å²) in [5.41, 5.74) is 11.3. The predicted octanol–water partition coefficient (Wildman–Crippen LogP) is 14.7. The Bertz CT molecular complexity index is 3150. The minimum atomic E-state index is 0.864. The van der Waals surface area contributed by atoms with Crippen molar-refractivity contribution < 1.29 is 8.83 Å². The fourth-order valence-corrected chi connectivity index (χ4v) is 8.88. The smallest absolute Gasteiger partial charge is 0.137 e. The molecule has 244 valence electrons. The highest BCUT2D eigenvalue weighted by atomic mass is 32.1. The lowest BCUT2D eigenvalue weighted by Crippen LogP contribution is -2.10. The Morgan fingerprint density at radius 3 is 1.60 bits per heavy atom. The van der Waals surface area contributed by atoms with Crippen LogP contribution in [0.1, 0.15) is 0 Å². The summed E-state index contributed by atoms with van der Waals surface area (Å²) in [6, 6.07) is 62.6. The van der Waals surface area contributed by atoms with Gasteiger partial charge in [0.15, 0.2) is 0 Å². The topological polar surface area (TPSA) is 29.5 Å². The Kier molecular flexibility index (Phi) is 6.42. The van der Waals surface area contributed by atoms with E-state index in [9.17, 15) is 0 Å². The van der Waals surface area contributed by atoms with Crippen LogP contribution in [-0.4, -0.2) is 0 Å². The molecular formula is C48H29NO2S. The van der Waals surface area contributed by atoms with E-state index >= 15 is 0 Å². The van der Waals surface area contributed by atoms with Crippen LogP contribution in [0.4, 0.5) is 17.1 Å². The molecular weight excluding hydrogens is 655 g/mol. The predicted molar refractivity (Wildman–Crippen MR) is 219 cm³/mol. The molecule has 0 fully saturated rings. The van der Waals surface area contributed by atoms with Crippen LogP contribution in [0, 0.1) is 0 Å². The van der Waals surface area contributed by atoms with Crippen LogP contribution in [0.3, 0.4) is 0 Å². The van der Waals surface area contributed by atoms with Gasteiger partial charge in [-0.15, -0.1) is 11.3 Å². The van der Waals surface area contributed by atoms with Crippen molar-refractivity contribution in [3.05, 3.63) is 176 Å². The van der Waals surface area contributed by atoms with Crippen molar-refractivity contribution in [1.29, 1.82) is 0 Å². The third kappa shape index (κ3) is 4.65. The molecule has 0 bridgehead atoms. The average molecular weight is 684 g/mol. The zero-order chi connectivity index (χ0) is 34.2. The highest BCUT2D eigenvalue weighted by Crippen LogP contribution is 2.42. The second kappa shape index (κ2) is 11.5. The summed E-state index contributed by atoms with van der Waals surface area (Å²) in [5.74, 6) is 0. The zero-order valence-electron chi connectivity index (χ0n) is 27.9. The molecule has 0 saturated heterocycles. The Balaban J connectivity index is 1.03. The van der Waals surface area contributed by atoms with Crippen LogP contribution in [0.15, 0.2) is 185 Å². The van der Waals surface area contributed by atoms with Gasteiger partial charge in [-0.25, -0.2) is 0 Å². The van der Waals surface area contributed by atoms with E-state index in [1.165, 1.54) is 31.3 Å². The molecule has 0 saturated carbocycles. The number of anilines is 3. The lowest BCUT2D eigenvalue weighted by molar-refractivity contribution is 0.668. The van der Waals surface area contributed by atoms with Crippen LogP contribution < -0.4 is 4.90 Å². The van der Waals surface area contributed by atoms with E-state index in [4.69, 9.17) is 8.83 Å². The molecule has 3 nitrogen and oxygen atoms in total. The summed E-state index contributed by atoms with van der Waals surface area (Å²) in [7, 11) is 0. The lowest BCUT2D eigenvalue weighted by atomic mass is 10.0. The second-order valence-electron chi connectivity index (χ2n) is 13.3. The van der Waals surface area contributed by atoms with Gasteiger partial charge in [-0.2, -0.15) is 0 Å². The molecule has 0 radical (unpaired) electrons. The molecule has 4 heteroatoms. The summed E-state index contributed by atoms with van der Waals surface area (Å²) < 4.78 is 15.3. The minimum absolute atomic E-state index is 0.864. The number of furan rings is 2. The van der Waals surface area contributed by atoms with Gasteiger partial charge in [-0.05, 0) is 95.1 Å². The molecule has 0 amide bonds. The molecule has 11 rings (SSSR count). The van der Waals surface area contributed by atoms with Crippen molar-refractivity contribution in [2.45, 2.75) is 0 Å². The fraction of sp³-hybridized carbons (Fsp3) is 0. The van der Waals surface area contributed by atoms with Gasteiger partial charge in [0.25, 0.3) is 0 Å². The summed E-state index contributed by atoms with van der Waals surface area (Å²) in [6.07, 6.45) is 0. The number of para-hydroxylation sites is 2. The van der Waals surface area contributed by atoms with Crippen LogP contribution in [0.2, 0.25) is 0 Å². The summed E-state index contributed by atoms with van der Waals surface area (Å²) in [4.78, 5) is 2.31. The van der Waals surface area contributed by atoms with Gasteiger partial charge in [0.2, 0.25) is 0 Å². The van der Waals surface area contributed by atoms with Crippen molar-refractivity contribution >= 4 is 92.4 Å². The van der Waals surface area contributed by atoms with E-state index in [1.54, 1.807) is 0 Å². The average Bonchev–Trinajstić information content (AvgIpc) is 3.88. The first-order valence-corrected chi connectivity index (χ1v) is 18.3. The van der Waals surface area contributed by atoms with Gasteiger partial charge in [-0.1, -0.05) is 97.1 Å². The molecule has 3 aromatic heterocycles. The summed E-state index contributed by atoms with van der Waals surface area (Å²) in [5, 5.41) is 7.13. The van der Waals surface area contributed by atoms with Gasteiger partial charge in [0.1, 0.15) is 22.3 Å². The number of nitrogens with zero attached hydrogens (tertiary/aromatic N) is 1. The van der Waals surface area contributed by atoms with E-state index in [2.05, 4.69) is 157 Å². The normalized spacial score (nSPS) is 11.8. The molecule has 0 atom stereocenters. The summed E-state index contributed by atoms with van der Waals surface area (Å²) >= 11 is 1.85. The molecule has 0 N–H and O–H groups in total. The Labute approximate surface area is 303 Å². The van der Waals surface area contributed by atoms with Crippen LogP contribution in [-0.2, 0) is 0 Å². The quantitative estimate of drug-likeness (QED) is 0.181. The summed E-state index contributed by atoms with van der Waals surface area (Å²) in [6.45, 7) is 0. The number of hydrogen-bond acceptors (Lipinski definition) is 4. The van der Waals surface area contributed by atoms with Crippen LogP contribution in [0.5, 0.6) is 0 Å².